The van der Waals surface area contributed by atoms with Gasteiger partial charge in [0, 0.05) is 10.4 Å². The topological polar surface area (TPSA) is 38.9 Å². The van der Waals surface area contributed by atoms with Crippen LogP contribution in [0.15, 0.2) is 18.2 Å². The summed E-state index contributed by atoms with van der Waals surface area (Å²) in [5, 5.41) is 0.644. The predicted octanol–water partition coefficient (Wildman–Crippen LogP) is 3.32. The average molecular weight is 218 g/mol. The fourth-order valence-corrected chi connectivity index (χ4v) is 2.53. The lowest BCUT2D eigenvalue weighted by atomic mass is 10.00. The van der Waals surface area contributed by atoms with E-state index in [9.17, 15) is 0 Å². The number of thiazole rings is 1. The van der Waals surface area contributed by atoms with E-state index in [1.54, 1.807) is 11.3 Å². The van der Waals surface area contributed by atoms with Crippen molar-refractivity contribution >= 4 is 16.5 Å². The Labute approximate surface area is 93.8 Å². The molecule has 0 radical (unpaired) electrons. The summed E-state index contributed by atoms with van der Waals surface area (Å²) >= 11 is 1.55. The molecule has 0 saturated carbocycles. The fourth-order valence-electron chi connectivity index (χ4n) is 1.84. The molecule has 2 nitrogen and oxygen atoms in total. The van der Waals surface area contributed by atoms with Gasteiger partial charge in [-0.15, -0.1) is 11.3 Å². The minimum absolute atomic E-state index is 0.644. The molecule has 0 amide bonds. The first-order chi connectivity index (χ1) is 7.09. The molecular formula is C12H14N2S. The molecular weight excluding hydrogens is 204 g/mol. The SMILES string of the molecule is Cc1cccc(C)c1-c1nc(N)sc1C. The molecule has 15 heavy (non-hydrogen) atoms. The first-order valence-electron chi connectivity index (χ1n) is 4.89. The first kappa shape index (κ1) is 10.2. The monoisotopic (exact) mass is 218 g/mol. The molecule has 1 aromatic heterocycles. The van der Waals surface area contributed by atoms with Gasteiger partial charge in [-0.2, -0.15) is 0 Å². The Morgan fingerprint density at radius 3 is 2.20 bits per heavy atom. The van der Waals surface area contributed by atoms with Gasteiger partial charge < -0.3 is 5.73 Å². The lowest BCUT2D eigenvalue weighted by Crippen LogP contribution is -1.90. The normalized spacial score (nSPS) is 10.6. The number of rotatable bonds is 1. The maximum absolute atomic E-state index is 5.72. The first-order valence-corrected chi connectivity index (χ1v) is 5.70. The Morgan fingerprint density at radius 1 is 1.13 bits per heavy atom. The third-order valence-corrected chi connectivity index (χ3v) is 3.33. The highest BCUT2D eigenvalue weighted by molar-refractivity contribution is 7.15. The lowest BCUT2D eigenvalue weighted by molar-refractivity contribution is 1.31. The molecule has 1 heterocycles. The van der Waals surface area contributed by atoms with Crippen LogP contribution in [0.4, 0.5) is 5.13 Å². The maximum atomic E-state index is 5.72. The van der Waals surface area contributed by atoms with Crippen LogP contribution in [0, 0.1) is 20.8 Å². The number of hydrogen-bond donors (Lipinski definition) is 1. The van der Waals surface area contributed by atoms with Gasteiger partial charge in [0.1, 0.15) is 0 Å². The molecule has 2 rings (SSSR count). The van der Waals surface area contributed by atoms with Gasteiger partial charge in [0.15, 0.2) is 5.13 Å². The van der Waals surface area contributed by atoms with Crippen molar-refractivity contribution in [2.45, 2.75) is 20.8 Å². The molecule has 0 spiro atoms. The van der Waals surface area contributed by atoms with Crippen molar-refractivity contribution in [1.82, 2.24) is 4.98 Å². The summed E-state index contributed by atoms with van der Waals surface area (Å²) in [6, 6.07) is 6.29. The molecule has 1 aromatic carbocycles. The minimum atomic E-state index is 0.644. The summed E-state index contributed by atoms with van der Waals surface area (Å²) in [5.74, 6) is 0. The molecule has 0 atom stereocenters. The van der Waals surface area contributed by atoms with Crippen LogP contribution in [-0.4, -0.2) is 4.98 Å². The quantitative estimate of drug-likeness (QED) is 0.797. The molecule has 0 unspecified atom stereocenters. The largest absolute Gasteiger partial charge is 0.375 e. The lowest BCUT2D eigenvalue weighted by Gasteiger charge is -2.07. The molecule has 0 fully saturated rings. The number of nitrogen functional groups attached to an aromatic ring is 1. The second-order valence-corrected chi connectivity index (χ2v) is 4.96. The van der Waals surface area contributed by atoms with Crippen LogP contribution in [0.25, 0.3) is 11.3 Å². The Kier molecular flexibility index (Phi) is 2.49. The number of aryl methyl sites for hydroxylation is 3. The molecule has 2 aromatic rings. The minimum Gasteiger partial charge on any atom is -0.375 e. The van der Waals surface area contributed by atoms with Crippen LogP contribution in [0.2, 0.25) is 0 Å². The molecule has 78 valence electrons. The van der Waals surface area contributed by atoms with Crippen LogP contribution in [0.3, 0.4) is 0 Å². The summed E-state index contributed by atoms with van der Waals surface area (Å²) in [7, 11) is 0. The Balaban J connectivity index is 2.68. The van der Waals surface area contributed by atoms with E-state index in [-0.39, 0.29) is 0 Å². The molecule has 0 saturated heterocycles. The van der Waals surface area contributed by atoms with Gasteiger partial charge in [-0.1, -0.05) is 18.2 Å². The van der Waals surface area contributed by atoms with E-state index in [4.69, 9.17) is 5.73 Å². The average Bonchev–Trinajstić information content (AvgIpc) is 2.45. The number of hydrogen-bond acceptors (Lipinski definition) is 3. The zero-order valence-electron chi connectivity index (χ0n) is 9.16. The van der Waals surface area contributed by atoms with Gasteiger partial charge >= 0.3 is 0 Å². The van der Waals surface area contributed by atoms with E-state index in [1.165, 1.54) is 21.6 Å². The molecule has 0 aliphatic rings. The number of nitrogens with zero attached hydrogens (tertiary/aromatic N) is 1. The van der Waals surface area contributed by atoms with Crippen molar-refractivity contribution < 1.29 is 0 Å². The van der Waals surface area contributed by atoms with Crippen molar-refractivity contribution in [3.8, 4) is 11.3 Å². The van der Waals surface area contributed by atoms with Crippen LogP contribution in [0.5, 0.6) is 0 Å². The highest BCUT2D eigenvalue weighted by atomic mass is 32.1. The van der Waals surface area contributed by atoms with E-state index < -0.39 is 0 Å². The van der Waals surface area contributed by atoms with Crippen LogP contribution >= 0.6 is 11.3 Å². The van der Waals surface area contributed by atoms with Gasteiger partial charge in [-0.3, -0.25) is 0 Å². The van der Waals surface area contributed by atoms with Crippen LogP contribution in [-0.2, 0) is 0 Å². The van der Waals surface area contributed by atoms with Crippen LogP contribution < -0.4 is 5.73 Å². The third kappa shape index (κ3) is 1.75. The van der Waals surface area contributed by atoms with Crippen molar-refractivity contribution in [1.29, 1.82) is 0 Å². The summed E-state index contributed by atoms with van der Waals surface area (Å²) in [6.45, 7) is 6.28. The van der Waals surface area contributed by atoms with Crippen molar-refractivity contribution in [3.63, 3.8) is 0 Å². The number of nitrogens with two attached hydrogens (primary N) is 1. The van der Waals surface area contributed by atoms with E-state index in [1.807, 2.05) is 0 Å². The zero-order chi connectivity index (χ0) is 11.0. The van der Waals surface area contributed by atoms with Gasteiger partial charge in [-0.05, 0) is 31.9 Å². The van der Waals surface area contributed by atoms with Gasteiger partial charge in [0.05, 0.1) is 5.69 Å². The van der Waals surface area contributed by atoms with Crippen LogP contribution in [0.1, 0.15) is 16.0 Å². The maximum Gasteiger partial charge on any atom is 0.180 e. The molecule has 3 heteroatoms. The molecule has 0 aliphatic heterocycles. The van der Waals surface area contributed by atoms with Gasteiger partial charge in [-0.25, -0.2) is 4.98 Å². The van der Waals surface area contributed by atoms with Gasteiger partial charge in [0.25, 0.3) is 0 Å². The van der Waals surface area contributed by atoms with E-state index in [0.29, 0.717) is 5.13 Å². The zero-order valence-corrected chi connectivity index (χ0v) is 9.98. The number of anilines is 1. The molecule has 0 aliphatic carbocycles. The van der Waals surface area contributed by atoms with Gasteiger partial charge in [0.2, 0.25) is 0 Å². The second-order valence-electron chi connectivity index (χ2n) is 3.72. The second kappa shape index (κ2) is 3.66. The highest BCUT2D eigenvalue weighted by Crippen LogP contribution is 2.32. The third-order valence-electron chi connectivity index (χ3n) is 2.53. The van der Waals surface area contributed by atoms with Crippen molar-refractivity contribution in [3.05, 3.63) is 34.2 Å². The Morgan fingerprint density at radius 2 is 1.73 bits per heavy atom. The number of aromatic nitrogens is 1. The summed E-state index contributed by atoms with van der Waals surface area (Å²) in [6.07, 6.45) is 0. The van der Waals surface area contributed by atoms with Crippen molar-refractivity contribution in [2.75, 3.05) is 5.73 Å². The standard InChI is InChI=1S/C12H14N2S/c1-7-5-4-6-8(2)10(7)11-9(3)15-12(13)14-11/h4-6H,1-3H3,(H2,13,14). The fraction of sp³-hybridized carbons (Fsp3) is 0.250. The number of benzene rings is 1. The summed E-state index contributed by atoms with van der Waals surface area (Å²) in [5.41, 5.74) is 10.5. The summed E-state index contributed by atoms with van der Waals surface area (Å²) in [4.78, 5) is 5.58. The predicted molar refractivity (Wildman–Crippen MR) is 66.2 cm³/mol. The van der Waals surface area contributed by atoms with Crippen molar-refractivity contribution in [2.24, 2.45) is 0 Å². The van der Waals surface area contributed by atoms with E-state index in [2.05, 4.69) is 44.0 Å². The van der Waals surface area contributed by atoms with E-state index >= 15 is 0 Å². The molecule has 2 N–H and O–H groups in total. The Hall–Kier alpha value is -1.35. The highest BCUT2D eigenvalue weighted by Gasteiger charge is 2.12. The smallest absolute Gasteiger partial charge is 0.180 e. The molecule has 0 bridgehead atoms. The summed E-state index contributed by atoms with van der Waals surface area (Å²) < 4.78 is 0. The Bertz CT molecular complexity index is 480. The van der Waals surface area contributed by atoms with E-state index in [0.717, 1.165) is 5.69 Å².